The van der Waals surface area contributed by atoms with E-state index in [2.05, 4.69) is 22.9 Å². The molecule has 0 aliphatic carbocycles. The van der Waals surface area contributed by atoms with Crippen LogP contribution in [0.2, 0.25) is 0 Å². The van der Waals surface area contributed by atoms with Gasteiger partial charge in [-0.3, -0.25) is 4.79 Å². The lowest BCUT2D eigenvalue weighted by Crippen LogP contribution is -2.24. The van der Waals surface area contributed by atoms with E-state index in [9.17, 15) is 4.79 Å². The number of ether oxygens (including phenoxy) is 1. The van der Waals surface area contributed by atoms with E-state index in [-0.39, 0.29) is 11.9 Å². The molecule has 0 N–H and O–H groups in total. The Morgan fingerprint density at radius 2 is 2.12 bits per heavy atom. The van der Waals surface area contributed by atoms with Crippen molar-refractivity contribution < 1.29 is 9.53 Å². The van der Waals surface area contributed by atoms with Crippen molar-refractivity contribution in [2.45, 2.75) is 32.3 Å². The second kappa shape index (κ2) is 6.81. The highest BCUT2D eigenvalue weighted by Crippen LogP contribution is 2.18. The molecule has 0 aliphatic heterocycles. The van der Waals surface area contributed by atoms with E-state index in [0.717, 1.165) is 22.9 Å². The van der Waals surface area contributed by atoms with Crippen molar-refractivity contribution in [2.75, 3.05) is 7.11 Å². The predicted octanol–water partition coefficient (Wildman–Crippen LogP) is 3.38. The van der Waals surface area contributed by atoms with Gasteiger partial charge in [-0.1, -0.05) is 47.5 Å². The summed E-state index contributed by atoms with van der Waals surface area (Å²) in [6, 6.07) is 7.79. The second-order valence-corrected chi connectivity index (χ2v) is 4.60. The molecule has 1 aromatic carbocycles. The van der Waals surface area contributed by atoms with Crippen LogP contribution in [-0.4, -0.2) is 19.0 Å². The minimum Gasteiger partial charge on any atom is -0.374 e. The summed E-state index contributed by atoms with van der Waals surface area (Å²) in [6.45, 7) is 2.05. The lowest BCUT2D eigenvalue weighted by Gasteiger charge is -2.13. The topological polar surface area (TPSA) is 26.3 Å². The van der Waals surface area contributed by atoms with Crippen molar-refractivity contribution in [1.29, 1.82) is 0 Å². The first kappa shape index (κ1) is 13.4. The average molecular weight is 285 g/mol. The summed E-state index contributed by atoms with van der Waals surface area (Å²) in [6.07, 6.45) is 1.91. The van der Waals surface area contributed by atoms with Crippen LogP contribution < -0.4 is 0 Å². The van der Waals surface area contributed by atoms with Crippen LogP contribution in [0.5, 0.6) is 0 Å². The van der Waals surface area contributed by atoms with Crippen LogP contribution in [0.15, 0.2) is 28.7 Å². The van der Waals surface area contributed by atoms with E-state index in [1.807, 2.05) is 24.3 Å². The van der Waals surface area contributed by atoms with Gasteiger partial charge in [0.25, 0.3) is 0 Å². The van der Waals surface area contributed by atoms with E-state index in [1.165, 1.54) is 0 Å². The Kier molecular flexibility index (Phi) is 5.71. The van der Waals surface area contributed by atoms with E-state index in [1.54, 1.807) is 7.11 Å². The maximum atomic E-state index is 11.9. The first-order chi connectivity index (χ1) is 7.69. The van der Waals surface area contributed by atoms with Crippen molar-refractivity contribution in [1.82, 2.24) is 0 Å². The van der Waals surface area contributed by atoms with Crippen LogP contribution in [0.3, 0.4) is 0 Å². The number of hydrogen-bond acceptors (Lipinski definition) is 2. The minimum atomic E-state index is -0.267. The van der Waals surface area contributed by atoms with Crippen molar-refractivity contribution in [3.05, 3.63) is 34.3 Å². The van der Waals surface area contributed by atoms with Gasteiger partial charge in [0.2, 0.25) is 0 Å². The van der Waals surface area contributed by atoms with Gasteiger partial charge in [-0.2, -0.15) is 0 Å². The Morgan fingerprint density at radius 3 is 2.69 bits per heavy atom. The third-order valence-electron chi connectivity index (χ3n) is 2.52. The SMILES string of the molecule is CCCC(OC)C(=O)Cc1ccccc1Br. The summed E-state index contributed by atoms with van der Waals surface area (Å²) in [5.74, 6) is 0.149. The zero-order chi connectivity index (χ0) is 12.0. The minimum absolute atomic E-state index is 0.149. The summed E-state index contributed by atoms with van der Waals surface area (Å²) in [5, 5.41) is 0. The maximum absolute atomic E-state index is 11.9. The Balaban J connectivity index is 2.66. The Hall–Kier alpha value is -0.670. The number of ketones is 1. The molecule has 0 saturated heterocycles. The molecule has 0 amide bonds. The quantitative estimate of drug-likeness (QED) is 0.801. The smallest absolute Gasteiger partial charge is 0.165 e. The van der Waals surface area contributed by atoms with Crippen molar-refractivity contribution in [2.24, 2.45) is 0 Å². The van der Waals surface area contributed by atoms with E-state index < -0.39 is 0 Å². The molecule has 88 valence electrons. The highest BCUT2D eigenvalue weighted by Gasteiger charge is 2.17. The van der Waals surface area contributed by atoms with Crippen LogP contribution in [0.1, 0.15) is 25.3 Å². The molecule has 3 heteroatoms. The standard InChI is InChI=1S/C13H17BrO2/c1-3-6-13(16-2)12(15)9-10-7-4-5-8-11(10)14/h4-5,7-8,13H,3,6,9H2,1-2H3. The van der Waals surface area contributed by atoms with Crippen molar-refractivity contribution in [3.63, 3.8) is 0 Å². The lowest BCUT2D eigenvalue weighted by atomic mass is 10.0. The molecular formula is C13H17BrO2. The summed E-state index contributed by atoms with van der Waals surface area (Å²) in [7, 11) is 1.60. The van der Waals surface area contributed by atoms with Crippen molar-refractivity contribution >= 4 is 21.7 Å². The summed E-state index contributed by atoms with van der Waals surface area (Å²) < 4.78 is 6.18. The summed E-state index contributed by atoms with van der Waals surface area (Å²) >= 11 is 3.44. The molecule has 0 radical (unpaired) electrons. The van der Waals surface area contributed by atoms with Crippen molar-refractivity contribution in [3.8, 4) is 0 Å². The zero-order valence-electron chi connectivity index (χ0n) is 9.70. The predicted molar refractivity (Wildman–Crippen MR) is 68.6 cm³/mol. The van der Waals surface area contributed by atoms with Crippen LogP contribution in [0.25, 0.3) is 0 Å². The van der Waals surface area contributed by atoms with Gasteiger partial charge in [0.15, 0.2) is 5.78 Å². The van der Waals surface area contributed by atoms with Crippen LogP contribution >= 0.6 is 15.9 Å². The number of halogens is 1. The fourth-order valence-electron chi connectivity index (χ4n) is 1.62. The number of carbonyl (C=O) groups is 1. The molecule has 1 unspecified atom stereocenters. The van der Waals surface area contributed by atoms with Crippen LogP contribution in [0.4, 0.5) is 0 Å². The number of rotatable bonds is 6. The fourth-order valence-corrected chi connectivity index (χ4v) is 2.04. The van der Waals surface area contributed by atoms with Gasteiger partial charge in [0, 0.05) is 18.0 Å². The van der Waals surface area contributed by atoms with Gasteiger partial charge in [-0.25, -0.2) is 0 Å². The number of Topliss-reactive ketones (excluding diaryl/α,β-unsaturated/α-hetero) is 1. The number of methoxy groups -OCH3 is 1. The Bertz CT molecular complexity index is 350. The Labute approximate surface area is 105 Å². The highest BCUT2D eigenvalue weighted by atomic mass is 79.9. The maximum Gasteiger partial charge on any atom is 0.165 e. The molecule has 0 aromatic heterocycles. The molecule has 0 spiro atoms. The highest BCUT2D eigenvalue weighted by molar-refractivity contribution is 9.10. The zero-order valence-corrected chi connectivity index (χ0v) is 11.3. The van der Waals surface area contributed by atoms with Gasteiger partial charge in [0.1, 0.15) is 6.10 Å². The second-order valence-electron chi connectivity index (χ2n) is 3.75. The van der Waals surface area contributed by atoms with Gasteiger partial charge in [0.05, 0.1) is 0 Å². The third kappa shape index (κ3) is 3.72. The molecule has 0 saturated carbocycles. The fraction of sp³-hybridized carbons (Fsp3) is 0.462. The molecule has 0 bridgehead atoms. The van der Waals surface area contributed by atoms with Crippen LogP contribution in [-0.2, 0) is 16.0 Å². The molecule has 1 atom stereocenters. The first-order valence-electron chi connectivity index (χ1n) is 5.48. The normalized spacial score (nSPS) is 12.4. The van der Waals surface area contributed by atoms with E-state index in [0.29, 0.717) is 6.42 Å². The largest absolute Gasteiger partial charge is 0.374 e. The molecule has 0 aliphatic rings. The van der Waals surface area contributed by atoms with Gasteiger partial charge < -0.3 is 4.74 Å². The third-order valence-corrected chi connectivity index (χ3v) is 3.29. The van der Waals surface area contributed by atoms with E-state index >= 15 is 0 Å². The molecule has 2 nitrogen and oxygen atoms in total. The molecular weight excluding hydrogens is 268 g/mol. The number of carbonyl (C=O) groups excluding carboxylic acids is 1. The number of hydrogen-bond donors (Lipinski definition) is 0. The number of benzene rings is 1. The molecule has 16 heavy (non-hydrogen) atoms. The summed E-state index contributed by atoms with van der Waals surface area (Å²) in [4.78, 5) is 11.9. The molecule has 0 fully saturated rings. The van der Waals surface area contributed by atoms with Gasteiger partial charge in [-0.15, -0.1) is 0 Å². The molecule has 1 aromatic rings. The lowest BCUT2D eigenvalue weighted by molar-refractivity contribution is -0.128. The van der Waals surface area contributed by atoms with E-state index in [4.69, 9.17) is 4.74 Å². The molecule has 0 heterocycles. The summed E-state index contributed by atoms with van der Waals surface area (Å²) in [5.41, 5.74) is 1.02. The average Bonchev–Trinajstić information content (AvgIpc) is 2.29. The first-order valence-corrected chi connectivity index (χ1v) is 6.27. The monoisotopic (exact) mass is 284 g/mol. The van der Waals surface area contributed by atoms with Crippen LogP contribution in [0, 0.1) is 0 Å². The van der Waals surface area contributed by atoms with Gasteiger partial charge in [-0.05, 0) is 18.1 Å². The molecule has 1 rings (SSSR count). The Morgan fingerprint density at radius 1 is 1.44 bits per heavy atom. The van der Waals surface area contributed by atoms with Gasteiger partial charge >= 0.3 is 0 Å².